The third kappa shape index (κ3) is 4.19. The lowest BCUT2D eigenvalue weighted by molar-refractivity contribution is -0.122. The van der Waals surface area contributed by atoms with E-state index >= 15 is 0 Å². The first kappa shape index (κ1) is 15.8. The number of piperidine rings is 1. The standard InChI is InChI=1S/C16H30N2O2/c1-4-17-15(19)12-18-9-7-16(8-10-18)6-5-14(11-16)20-13(2)3/h13-14H,4-12H2,1-3H3,(H,17,19)/t14-/m1/s1. The highest BCUT2D eigenvalue weighted by atomic mass is 16.5. The van der Waals surface area contributed by atoms with E-state index in [-0.39, 0.29) is 5.91 Å². The maximum absolute atomic E-state index is 11.6. The van der Waals surface area contributed by atoms with Crippen LogP contribution in [0.5, 0.6) is 0 Å². The van der Waals surface area contributed by atoms with Crippen LogP contribution in [0.4, 0.5) is 0 Å². The number of hydrogen-bond acceptors (Lipinski definition) is 3. The van der Waals surface area contributed by atoms with Crippen molar-refractivity contribution >= 4 is 5.91 Å². The van der Waals surface area contributed by atoms with Crippen LogP contribution < -0.4 is 5.32 Å². The molecule has 0 aromatic rings. The molecule has 0 radical (unpaired) electrons. The van der Waals surface area contributed by atoms with Crippen LogP contribution in [0, 0.1) is 5.41 Å². The number of carbonyl (C=O) groups is 1. The summed E-state index contributed by atoms with van der Waals surface area (Å²) < 4.78 is 5.98. The molecule has 1 saturated carbocycles. The van der Waals surface area contributed by atoms with Crippen molar-refractivity contribution in [2.45, 2.75) is 65.1 Å². The van der Waals surface area contributed by atoms with Gasteiger partial charge in [0, 0.05) is 6.54 Å². The van der Waals surface area contributed by atoms with E-state index < -0.39 is 0 Å². The number of hydrogen-bond donors (Lipinski definition) is 1. The molecular weight excluding hydrogens is 252 g/mol. The van der Waals surface area contributed by atoms with Gasteiger partial charge in [0.1, 0.15) is 0 Å². The molecule has 1 amide bonds. The second-order valence-corrected chi connectivity index (χ2v) is 6.78. The Labute approximate surface area is 123 Å². The van der Waals surface area contributed by atoms with Gasteiger partial charge in [0.25, 0.3) is 0 Å². The second-order valence-electron chi connectivity index (χ2n) is 6.78. The fourth-order valence-electron chi connectivity index (χ4n) is 3.75. The SMILES string of the molecule is CCNC(=O)CN1CCC2(CC[C@@H](OC(C)C)C2)CC1. The van der Waals surface area contributed by atoms with Crippen LogP contribution in [-0.2, 0) is 9.53 Å². The highest BCUT2D eigenvalue weighted by molar-refractivity contribution is 5.77. The second kappa shape index (κ2) is 6.90. The van der Waals surface area contributed by atoms with Crippen molar-refractivity contribution in [1.29, 1.82) is 0 Å². The number of nitrogens with zero attached hydrogens (tertiary/aromatic N) is 1. The summed E-state index contributed by atoms with van der Waals surface area (Å²) in [7, 11) is 0. The Kier molecular flexibility index (Phi) is 5.44. The van der Waals surface area contributed by atoms with E-state index in [1.807, 2.05) is 6.92 Å². The Bertz CT molecular complexity index is 322. The highest BCUT2D eigenvalue weighted by Gasteiger charge is 2.41. The summed E-state index contributed by atoms with van der Waals surface area (Å²) >= 11 is 0. The van der Waals surface area contributed by atoms with Crippen LogP contribution in [0.2, 0.25) is 0 Å². The molecule has 1 atom stereocenters. The molecule has 0 aromatic heterocycles. The molecule has 1 aliphatic heterocycles. The van der Waals surface area contributed by atoms with Crippen molar-refractivity contribution in [2.24, 2.45) is 5.41 Å². The topological polar surface area (TPSA) is 41.6 Å². The van der Waals surface area contributed by atoms with Crippen LogP contribution in [0.1, 0.15) is 52.9 Å². The summed E-state index contributed by atoms with van der Waals surface area (Å²) in [4.78, 5) is 13.9. The van der Waals surface area contributed by atoms with Crippen molar-refractivity contribution in [3.8, 4) is 0 Å². The van der Waals surface area contributed by atoms with Gasteiger partial charge in [-0.1, -0.05) is 0 Å². The van der Waals surface area contributed by atoms with E-state index in [1.54, 1.807) is 0 Å². The maximum Gasteiger partial charge on any atom is 0.234 e. The average Bonchev–Trinajstić information content (AvgIpc) is 2.75. The van der Waals surface area contributed by atoms with Crippen molar-refractivity contribution in [3.63, 3.8) is 0 Å². The van der Waals surface area contributed by atoms with Crippen molar-refractivity contribution in [1.82, 2.24) is 10.2 Å². The lowest BCUT2D eigenvalue weighted by atomic mass is 9.77. The Hall–Kier alpha value is -0.610. The summed E-state index contributed by atoms with van der Waals surface area (Å²) in [5.41, 5.74) is 0.497. The number of amides is 1. The average molecular weight is 282 g/mol. The maximum atomic E-state index is 11.6. The van der Waals surface area contributed by atoms with E-state index in [4.69, 9.17) is 4.74 Å². The molecule has 1 saturated heterocycles. The van der Waals surface area contributed by atoms with Crippen molar-refractivity contribution < 1.29 is 9.53 Å². The summed E-state index contributed by atoms with van der Waals surface area (Å²) in [5.74, 6) is 0.163. The van der Waals surface area contributed by atoms with Gasteiger partial charge in [-0.15, -0.1) is 0 Å². The molecule has 4 nitrogen and oxygen atoms in total. The van der Waals surface area contributed by atoms with Crippen molar-refractivity contribution in [3.05, 3.63) is 0 Å². The molecule has 0 aromatic carbocycles. The Balaban J connectivity index is 1.75. The van der Waals surface area contributed by atoms with E-state index in [0.717, 1.165) is 19.6 Å². The largest absolute Gasteiger partial charge is 0.376 e. The number of likely N-dealkylation sites (N-methyl/N-ethyl adjacent to an activating group) is 1. The molecule has 1 N–H and O–H groups in total. The zero-order chi connectivity index (χ0) is 14.6. The molecule has 2 fully saturated rings. The first-order valence-corrected chi connectivity index (χ1v) is 8.17. The molecular formula is C16H30N2O2. The minimum absolute atomic E-state index is 0.163. The Morgan fingerprint density at radius 1 is 1.35 bits per heavy atom. The van der Waals surface area contributed by atoms with Crippen LogP contribution in [0.25, 0.3) is 0 Å². The zero-order valence-corrected chi connectivity index (χ0v) is 13.3. The third-order valence-corrected chi connectivity index (χ3v) is 4.78. The smallest absolute Gasteiger partial charge is 0.234 e. The predicted molar refractivity (Wildman–Crippen MR) is 80.7 cm³/mol. The molecule has 1 heterocycles. The molecule has 4 heteroatoms. The van der Waals surface area contributed by atoms with Crippen LogP contribution in [-0.4, -0.2) is 49.2 Å². The first-order valence-electron chi connectivity index (χ1n) is 8.17. The third-order valence-electron chi connectivity index (χ3n) is 4.78. The normalized spacial score (nSPS) is 26.3. The predicted octanol–water partition coefficient (Wildman–Crippen LogP) is 2.18. The zero-order valence-electron chi connectivity index (χ0n) is 13.3. The minimum atomic E-state index is 0.163. The van der Waals surface area contributed by atoms with Crippen LogP contribution in [0.3, 0.4) is 0 Å². The molecule has 116 valence electrons. The van der Waals surface area contributed by atoms with Gasteiger partial charge in [0.2, 0.25) is 5.91 Å². The Morgan fingerprint density at radius 3 is 2.65 bits per heavy atom. The summed E-state index contributed by atoms with van der Waals surface area (Å²) in [6, 6.07) is 0. The summed E-state index contributed by atoms with van der Waals surface area (Å²) in [5, 5.41) is 2.88. The highest BCUT2D eigenvalue weighted by Crippen LogP contribution is 2.47. The fourth-order valence-corrected chi connectivity index (χ4v) is 3.75. The van der Waals surface area contributed by atoms with E-state index in [9.17, 15) is 4.79 Å². The molecule has 1 aliphatic carbocycles. The monoisotopic (exact) mass is 282 g/mol. The van der Waals surface area contributed by atoms with Gasteiger partial charge in [-0.05, 0) is 71.4 Å². The molecule has 1 spiro atoms. The van der Waals surface area contributed by atoms with Crippen LogP contribution >= 0.6 is 0 Å². The summed E-state index contributed by atoms with van der Waals surface area (Å²) in [6.45, 7) is 9.63. The lowest BCUT2D eigenvalue weighted by Gasteiger charge is -2.39. The number of likely N-dealkylation sites (tertiary alicyclic amines) is 1. The quantitative estimate of drug-likeness (QED) is 0.840. The molecule has 0 bridgehead atoms. The number of rotatable bonds is 5. The lowest BCUT2D eigenvalue weighted by Crippen LogP contribution is -2.44. The van der Waals surface area contributed by atoms with E-state index in [1.165, 1.54) is 32.1 Å². The van der Waals surface area contributed by atoms with Gasteiger partial charge < -0.3 is 10.1 Å². The van der Waals surface area contributed by atoms with Gasteiger partial charge >= 0.3 is 0 Å². The first-order chi connectivity index (χ1) is 9.53. The number of ether oxygens (including phenoxy) is 1. The summed E-state index contributed by atoms with van der Waals surface area (Å²) in [6.07, 6.45) is 7.00. The van der Waals surface area contributed by atoms with Gasteiger partial charge in [-0.25, -0.2) is 0 Å². The molecule has 20 heavy (non-hydrogen) atoms. The molecule has 0 unspecified atom stereocenters. The Morgan fingerprint density at radius 2 is 2.05 bits per heavy atom. The molecule has 2 rings (SSSR count). The van der Waals surface area contributed by atoms with E-state index in [0.29, 0.717) is 24.2 Å². The minimum Gasteiger partial charge on any atom is -0.376 e. The van der Waals surface area contributed by atoms with Gasteiger partial charge in [0.15, 0.2) is 0 Å². The molecule has 2 aliphatic rings. The van der Waals surface area contributed by atoms with Crippen molar-refractivity contribution in [2.75, 3.05) is 26.2 Å². The van der Waals surface area contributed by atoms with Gasteiger partial charge in [-0.2, -0.15) is 0 Å². The number of nitrogens with one attached hydrogen (secondary N) is 1. The van der Waals surface area contributed by atoms with Gasteiger partial charge in [-0.3, -0.25) is 9.69 Å². The van der Waals surface area contributed by atoms with E-state index in [2.05, 4.69) is 24.1 Å². The van der Waals surface area contributed by atoms with Gasteiger partial charge in [0.05, 0.1) is 18.8 Å². The number of carbonyl (C=O) groups excluding carboxylic acids is 1. The van der Waals surface area contributed by atoms with Crippen LogP contribution in [0.15, 0.2) is 0 Å². The fraction of sp³-hybridized carbons (Fsp3) is 0.938.